The molecule has 12 rings (SSSR count). The van der Waals surface area contributed by atoms with Crippen molar-refractivity contribution in [2.24, 2.45) is 85.8 Å². The predicted molar refractivity (Wildman–Crippen MR) is 111 cm³/mol. The molecule has 12 saturated carbocycles. The Morgan fingerprint density at radius 3 is 2.39 bits per heavy atom. The molecule has 0 N–H and O–H groups in total. The molecule has 0 nitrogen and oxygen atoms in total. The molecule has 28 heavy (non-hydrogen) atoms. The molecular formula is C28H40. The van der Waals surface area contributed by atoms with E-state index in [9.17, 15) is 0 Å². The predicted octanol–water partition coefficient (Wildman–Crippen LogP) is 6.79. The molecule has 3 spiro atoms. The van der Waals surface area contributed by atoms with Crippen LogP contribution in [-0.2, 0) is 0 Å². The molecule has 0 aromatic carbocycles. The molecule has 15 atom stereocenters. The maximum atomic E-state index is 2.94. The lowest BCUT2D eigenvalue weighted by Gasteiger charge is -3.11. The smallest absolute Gasteiger partial charge is 0.00694 e. The Morgan fingerprint density at radius 1 is 0.750 bits per heavy atom. The van der Waals surface area contributed by atoms with Gasteiger partial charge in [-0.15, -0.1) is 0 Å². The number of rotatable bonds is 0. The molecule has 9 bridgehead atoms. The second-order valence-electron chi connectivity index (χ2n) is 14.8. The summed E-state index contributed by atoms with van der Waals surface area (Å²) in [6.45, 7) is 14.2. The minimum atomic E-state index is 0.651. The van der Waals surface area contributed by atoms with E-state index in [1.54, 1.807) is 44.9 Å². The van der Waals surface area contributed by atoms with Crippen molar-refractivity contribution >= 4 is 0 Å². The monoisotopic (exact) mass is 376 g/mol. The lowest BCUT2D eigenvalue weighted by Crippen LogP contribution is -3.08. The quantitative estimate of drug-likeness (QED) is 0.436. The topological polar surface area (TPSA) is 0 Å². The third-order valence-electron chi connectivity index (χ3n) is 16.2. The highest BCUT2D eigenvalue weighted by atomic mass is 15.1. The summed E-state index contributed by atoms with van der Waals surface area (Å²) in [6.07, 6.45) is 13.0. The van der Waals surface area contributed by atoms with Crippen molar-refractivity contribution in [1.29, 1.82) is 0 Å². The van der Waals surface area contributed by atoms with Crippen molar-refractivity contribution in [3.05, 3.63) is 0 Å². The van der Waals surface area contributed by atoms with Crippen molar-refractivity contribution < 1.29 is 0 Å². The van der Waals surface area contributed by atoms with Gasteiger partial charge in [-0.05, 0) is 131 Å². The van der Waals surface area contributed by atoms with E-state index in [0.29, 0.717) is 16.2 Å². The third-order valence-corrected chi connectivity index (χ3v) is 16.2. The summed E-state index contributed by atoms with van der Waals surface area (Å²) in [7, 11) is 0. The normalized spacial score (nSPS) is 83.2. The molecule has 0 radical (unpaired) electrons. The molecule has 0 aliphatic heterocycles. The van der Waals surface area contributed by atoms with Gasteiger partial charge >= 0.3 is 0 Å². The van der Waals surface area contributed by atoms with Gasteiger partial charge in [-0.1, -0.05) is 41.0 Å². The molecule has 15 unspecified atom stereocenters. The van der Waals surface area contributed by atoms with Crippen LogP contribution in [0.1, 0.15) is 86.0 Å². The molecule has 0 amide bonds. The van der Waals surface area contributed by atoms with Crippen molar-refractivity contribution in [2.75, 3.05) is 0 Å². The molecule has 12 aliphatic carbocycles. The van der Waals surface area contributed by atoms with E-state index in [0.717, 1.165) is 57.7 Å². The molecule has 12 fully saturated rings. The molecular weight excluding hydrogens is 336 g/mol. The van der Waals surface area contributed by atoms with Crippen LogP contribution in [0.2, 0.25) is 0 Å². The Balaban J connectivity index is 1.47. The summed E-state index contributed by atoms with van der Waals surface area (Å²) in [6, 6.07) is 0. The van der Waals surface area contributed by atoms with Gasteiger partial charge in [-0.2, -0.15) is 0 Å². The van der Waals surface area contributed by atoms with Gasteiger partial charge in [-0.25, -0.2) is 0 Å². The first-order chi connectivity index (χ1) is 13.3. The van der Waals surface area contributed by atoms with E-state index in [1.165, 1.54) is 18.3 Å². The Morgan fingerprint density at radius 2 is 1.57 bits per heavy atom. The van der Waals surface area contributed by atoms with Crippen LogP contribution >= 0.6 is 0 Å². The third kappa shape index (κ3) is 0.829. The Labute approximate surface area is 172 Å². The molecule has 0 aromatic heterocycles. The number of hydrogen-bond donors (Lipinski definition) is 0. The van der Waals surface area contributed by atoms with Crippen LogP contribution in [-0.4, -0.2) is 0 Å². The van der Waals surface area contributed by atoms with E-state index >= 15 is 0 Å². The van der Waals surface area contributed by atoms with E-state index in [2.05, 4.69) is 34.6 Å². The van der Waals surface area contributed by atoms with Gasteiger partial charge in [0.1, 0.15) is 0 Å². The van der Waals surface area contributed by atoms with Crippen LogP contribution in [0.25, 0.3) is 0 Å². The highest BCUT2D eigenvalue weighted by Gasteiger charge is 3.11. The zero-order chi connectivity index (χ0) is 18.9. The zero-order valence-electron chi connectivity index (χ0n) is 18.9. The van der Waals surface area contributed by atoms with Gasteiger partial charge < -0.3 is 0 Å². The zero-order valence-corrected chi connectivity index (χ0v) is 18.9. The van der Waals surface area contributed by atoms with E-state index in [-0.39, 0.29) is 0 Å². The molecule has 0 saturated heterocycles. The minimum absolute atomic E-state index is 0.651. The maximum Gasteiger partial charge on any atom is -0.00694 e. The number of fused-ring (bicyclic) bond motifs is 1. The molecule has 0 heterocycles. The minimum Gasteiger partial charge on any atom is -0.0625 e. The van der Waals surface area contributed by atoms with E-state index in [4.69, 9.17) is 0 Å². The standard InChI is InChI=1S/C28H40/c1-14-8-9-23(3)25(5)20(10-14)22-21-19-7-6-17-12-18-11-16-13-26(17,21)28(22,25)27(23,15(16)2)24(18,19)4/h14-22H,6-13H2,1-5H3. The molecule has 0 heteroatoms. The van der Waals surface area contributed by atoms with Gasteiger partial charge in [0.05, 0.1) is 0 Å². The summed E-state index contributed by atoms with van der Waals surface area (Å²) >= 11 is 0. The van der Waals surface area contributed by atoms with Crippen molar-refractivity contribution in [3.8, 4) is 0 Å². The first-order valence-electron chi connectivity index (χ1n) is 13.3. The molecule has 12 aliphatic rings. The van der Waals surface area contributed by atoms with Gasteiger partial charge in [0, 0.05) is 0 Å². The van der Waals surface area contributed by atoms with Crippen LogP contribution in [0.4, 0.5) is 0 Å². The fourth-order valence-electron chi connectivity index (χ4n) is 16.9. The van der Waals surface area contributed by atoms with Gasteiger partial charge in [0.15, 0.2) is 0 Å². The summed E-state index contributed by atoms with van der Waals surface area (Å²) < 4.78 is 0. The summed E-state index contributed by atoms with van der Waals surface area (Å²) in [5.41, 5.74) is 4.43. The second kappa shape index (κ2) is 3.62. The average molecular weight is 377 g/mol. The Kier molecular flexibility index (Phi) is 2.04. The maximum absolute atomic E-state index is 2.94. The van der Waals surface area contributed by atoms with E-state index < -0.39 is 0 Å². The Bertz CT molecular complexity index is 873. The largest absolute Gasteiger partial charge is 0.0625 e. The van der Waals surface area contributed by atoms with Crippen LogP contribution in [0.5, 0.6) is 0 Å². The first-order valence-corrected chi connectivity index (χ1v) is 13.3. The average Bonchev–Trinajstić information content (AvgIpc) is 2.97. The lowest BCUT2D eigenvalue weighted by molar-refractivity contribution is -0.648. The fourth-order valence-corrected chi connectivity index (χ4v) is 16.9. The Hall–Kier alpha value is 0. The summed E-state index contributed by atoms with van der Waals surface area (Å²) in [5, 5.41) is 0. The van der Waals surface area contributed by atoms with Gasteiger partial charge in [0.25, 0.3) is 0 Å². The summed E-state index contributed by atoms with van der Waals surface area (Å²) in [4.78, 5) is 0. The van der Waals surface area contributed by atoms with Crippen LogP contribution in [0.3, 0.4) is 0 Å². The summed E-state index contributed by atoms with van der Waals surface area (Å²) in [5.74, 6) is 9.92. The molecule has 152 valence electrons. The first kappa shape index (κ1) is 15.8. The second-order valence-corrected chi connectivity index (χ2v) is 14.8. The number of hydrogen-bond acceptors (Lipinski definition) is 0. The fraction of sp³-hybridized carbons (Fsp3) is 1.00. The van der Waals surface area contributed by atoms with Gasteiger partial charge in [0.2, 0.25) is 0 Å². The van der Waals surface area contributed by atoms with Crippen LogP contribution in [0.15, 0.2) is 0 Å². The van der Waals surface area contributed by atoms with Gasteiger partial charge in [-0.3, -0.25) is 0 Å². The van der Waals surface area contributed by atoms with E-state index in [1.807, 2.05) is 0 Å². The highest BCUT2D eigenvalue weighted by molar-refractivity contribution is 5.57. The van der Waals surface area contributed by atoms with Crippen LogP contribution < -0.4 is 0 Å². The highest BCUT2D eigenvalue weighted by Crippen LogP contribution is 3.14. The van der Waals surface area contributed by atoms with Crippen molar-refractivity contribution in [2.45, 2.75) is 86.0 Å². The van der Waals surface area contributed by atoms with Crippen LogP contribution in [0, 0.1) is 85.8 Å². The molecule has 0 aromatic rings. The van der Waals surface area contributed by atoms with Crippen molar-refractivity contribution in [1.82, 2.24) is 0 Å². The van der Waals surface area contributed by atoms with Crippen molar-refractivity contribution in [3.63, 3.8) is 0 Å². The SMILES string of the molecule is CC1CCC2(C)C3(C)C(C1)C1C4C5CCC6CC7CC8CC64C13C2(C8C)C75C. The lowest BCUT2D eigenvalue weighted by atomic mass is 8.92.